The number of rotatable bonds is 2. The topological polar surface area (TPSA) is 62.5 Å². The first kappa shape index (κ1) is 11.0. The van der Waals surface area contributed by atoms with Crippen LogP contribution in [0.2, 0.25) is 0 Å². The lowest BCUT2D eigenvalue weighted by Gasteiger charge is -2.33. The molecule has 5 nitrogen and oxygen atoms in total. The van der Waals surface area contributed by atoms with Gasteiger partial charge in [0.1, 0.15) is 0 Å². The molecule has 2 N–H and O–H groups in total. The van der Waals surface area contributed by atoms with Crippen LogP contribution in [-0.2, 0) is 0 Å². The van der Waals surface area contributed by atoms with Crippen LogP contribution in [0.4, 0.5) is 5.13 Å². The lowest BCUT2D eigenvalue weighted by molar-refractivity contribution is 0.0196. The van der Waals surface area contributed by atoms with Crippen molar-refractivity contribution >= 4 is 21.4 Å². The van der Waals surface area contributed by atoms with E-state index in [1.165, 1.54) is 0 Å². The lowest BCUT2D eigenvalue weighted by atomic mass is 9.84. The van der Waals surface area contributed by atoms with Crippen LogP contribution in [0.5, 0.6) is 0 Å². The summed E-state index contributed by atoms with van der Waals surface area (Å²) in [6.07, 6.45) is 7.30. The van der Waals surface area contributed by atoms with E-state index >= 15 is 0 Å². The minimum Gasteiger partial charge on any atom is -0.390 e. The quantitative estimate of drug-likeness (QED) is 0.857. The minimum atomic E-state index is -0.477. The smallest absolute Gasteiger partial charge is 0.213 e. The Hall–Kier alpha value is -1.14. The van der Waals surface area contributed by atoms with Crippen LogP contribution < -0.4 is 5.32 Å². The molecular formula is C11H16N4OS. The highest BCUT2D eigenvalue weighted by Gasteiger charge is 2.28. The van der Waals surface area contributed by atoms with Crippen LogP contribution in [0.3, 0.4) is 0 Å². The fourth-order valence-corrected chi connectivity index (χ4v) is 3.09. The van der Waals surface area contributed by atoms with Gasteiger partial charge < -0.3 is 10.4 Å². The van der Waals surface area contributed by atoms with Crippen molar-refractivity contribution in [3.8, 4) is 0 Å². The van der Waals surface area contributed by atoms with Gasteiger partial charge in [0, 0.05) is 12.2 Å². The number of hydrogen-bond donors (Lipinski definition) is 2. The summed E-state index contributed by atoms with van der Waals surface area (Å²) in [5, 5.41) is 18.6. The van der Waals surface area contributed by atoms with Gasteiger partial charge in [0.05, 0.1) is 11.8 Å². The van der Waals surface area contributed by atoms with Gasteiger partial charge in [-0.1, -0.05) is 11.3 Å². The second-order valence-electron chi connectivity index (χ2n) is 4.98. The van der Waals surface area contributed by atoms with Gasteiger partial charge >= 0.3 is 0 Å². The lowest BCUT2D eigenvalue weighted by Crippen LogP contribution is -2.35. The fourth-order valence-electron chi connectivity index (χ4n) is 2.25. The summed E-state index contributed by atoms with van der Waals surface area (Å²) in [7, 11) is 0. The molecule has 0 atom stereocenters. The predicted molar refractivity (Wildman–Crippen MR) is 67.4 cm³/mol. The maximum atomic E-state index is 9.88. The molecule has 1 aliphatic rings. The number of fused-ring (bicyclic) bond motifs is 1. The third-order valence-corrected chi connectivity index (χ3v) is 4.23. The number of aliphatic hydroxyl groups is 1. The molecule has 0 unspecified atom stereocenters. The van der Waals surface area contributed by atoms with Crippen molar-refractivity contribution in [3.63, 3.8) is 0 Å². The first-order chi connectivity index (χ1) is 8.12. The Labute approximate surface area is 103 Å². The number of imidazole rings is 1. The van der Waals surface area contributed by atoms with Crippen LogP contribution in [0.25, 0.3) is 4.96 Å². The third kappa shape index (κ3) is 2.28. The first-order valence-electron chi connectivity index (χ1n) is 5.91. The van der Waals surface area contributed by atoms with Crippen LogP contribution >= 0.6 is 11.3 Å². The van der Waals surface area contributed by atoms with Gasteiger partial charge in [-0.25, -0.2) is 9.50 Å². The van der Waals surface area contributed by atoms with Crippen molar-refractivity contribution in [2.75, 3.05) is 5.32 Å². The van der Waals surface area contributed by atoms with Crippen molar-refractivity contribution in [2.45, 2.75) is 44.2 Å². The van der Waals surface area contributed by atoms with E-state index in [1.54, 1.807) is 22.0 Å². The molecule has 1 fully saturated rings. The second-order valence-corrected chi connectivity index (χ2v) is 5.93. The molecule has 0 aromatic carbocycles. The van der Waals surface area contributed by atoms with E-state index in [0.29, 0.717) is 6.04 Å². The maximum absolute atomic E-state index is 9.88. The normalized spacial score (nSPS) is 29.6. The Bertz CT molecular complexity index is 480. The molecule has 0 aliphatic heterocycles. The zero-order valence-electron chi connectivity index (χ0n) is 9.76. The number of anilines is 1. The molecule has 17 heavy (non-hydrogen) atoms. The standard InChI is InChI=1S/C11H16N4OS/c1-11(16)4-2-8(3-5-11)13-9-14-15-7-6-12-10(15)17-9/h6-8,16H,2-5H2,1H3,(H,13,14). The van der Waals surface area contributed by atoms with Gasteiger partial charge in [0.25, 0.3) is 0 Å². The van der Waals surface area contributed by atoms with Crippen molar-refractivity contribution in [3.05, 3.63) is 12.4 Å². The molecule has 2 aromatic heterocycles. The number of hydrogen-bond acceptors (Lipinski definition) is 5. The predicted octanol–water partition coefficient (Wildman–Crippen LogP) is 1.90. The summed E-state index contributed by atoms with van der Waals surface area (Å²) in [5.41, 5.74) is -0.477. The molecule has 92 valence electrons. The van der Waals surface area contributed by atoms with E-state index in [0.717, 1.165) is 35.8 Å². The Balaban J connectivity index is 1.66. The Kier molecular flexibility index (Phi) is 2.56. The molecular weight excluding hydrogens is 236 g/mol. The number of aromatic nitrogens is 3. The molecule has 0 radical (unpaired) electrons. The molecule has 3 rings (SSSR count). The van der Waals surface area contributed by atoms with Crippen LogP contribution in [0, 0.1) is 0 Å². The first-order valence-corrected chi connectivity index (χ1v) is 6.73. The maximum Gasteiger partial charge on any atom is 0.213 e. The molecule has 0 saturated heterocycles. The van der Waals surface area contributed by atoms with Gasteiger partial charge in [-0.3, -0.25) is 0 Å². The molecule has 1 saturated carbocycles. The Morgan fingerprint density at radius 3 is 3.00 bits per heavy atom. The highest BCUT2D eigenvalue weighted by molar-refractivity contribution is 7.20. The number of nitrogens with one attached hydrogen (secondary N) is 1. The monoisotopic (exact) mass is 252 g/mol. The summed E-state index contributed by atoms with van der Waals surface area (Å²) in [6.45, 7) is 1.92. The van der Waals surface area contributed by atoms with Gasteiger partial charge in [-0.15, -0.1) is 5.10 Å². The Morgan fingerprint density at radius 2 is 2.29 bits per heavy atom. The van der Waals surface area contributed by atoms with Gasteiger partial charge in [-0.05, 0) is 32.6 Å². The minimum absolute atomic E-state index is 0.422. The highest BCUT2D eigenvalue weighted by atomic mass is 32.1. The molecule has 2 heterocycles. The molecule has 2 aromatic rings. The van der Waals surface area contributed by atoms with Gasteiger partial charge in [0.15, 0.2) is 0 Å². The summed E-state index contributed by atoms with van der Waals surface area (Å²) in [6, 6.07) is 0.422. The summed E-state index contributed by atoms with van der Waals surface area (Å²) >= 11 is 1.56. The van der Waals surface area contributed by atoms with E-state index in [2.05, 4.69) is 15.4 Å². The Morgan fingerprint density at radius 1 is 1.53 bits per heavy atom. The molecule has 0 amide bonds. The molecule has 1 aliphatic carbocycles. The zero-order chi connectivity index (χ0) is 11.9. The fraction of sp³-hybridized carbons (Fsp3) is 0.636. The van der Waals surface area contributed by atoms with Crippen molar-refractivity contribution in [2.24, 2.45) is 0 Å². The van der Waals surface area contributed by atoms with Crippen LogP contribution in [-0.4, -0.2) is 31.3 Å². The van der Waals surface area contributed by atoms with E-state index in [9.17, 15) is 5.11 Å². The molecule has 0 bridgehead atoms. The second kappa shape index (κ2) is 3.96. The summed E-state index contributed by atoms with van der Waals surface area (Å²) in [4.78, 5) is 5.11. The molecule has 0 spiro atoms. The van der Waals surface area contributed by atoms with Crippen LogP contribution in [0.15, 0.2) is 12.4 Å². The summed E-state index contributed by atoms with van der Waals surface area (Å²) < 4.78 is 1.78. The van der Waals surface area contributed by atoms with Crippen molar-refractivity contribution in [1.82, 2.24) is 14.6 Å². The van der Waals surface area contributed by atoms with E-state index in [1.807, 2.05) is 13.1 Å². The molecule has 6 heteroatoms. The largest absolute Gasteiger partial charge is 0.390 e. The average Bonchev–Trinajstić information content (AvgIpc) is 2.81. The van der Waals surface area contributed by atoms with E-state index in [-0.39, 0.29) is 0 Å². The highest BCUT2D eigenvalue weighted by Crippen LogP contribution is 2.30. The average molecular weight is 252 g/mol. The van der Waals surface area contributed by atoms with E-state index < -0.39 is 5.60 Å². The van der Waals surface area contributed by atoms with Crippen LogP contribution in [0.1, 0.15) is 32.6 Å². The number of nitrogens with zero attached hydrogens (tertiary/aromatic N) is 3. The van der Waals surface area contributed by atoms with Gasteiger partial charge in [-0.2, -0.15) is 0 Å². The van der Waals surface area contributed by atoms with Crippen molar-refractivity contribution in [1.29, 1.82) is 0 Å². The zero-order valence-corrected chi connectivity index (χ0v) is 10.6. The van der Waals surface area contributed by atoms with Gasteiger partial charge in [0.2, 0.25) is 10.1 Å². The SMILES string of the molecule is CC1(O)CCC(Nc2nn3ccnc3s2)CC1. The van der Waals surface area contributed by atoms with E-state index in [4.69, 9.17) is 0 Å². The summed E-state index contributed by atoms with van der Waals surface area (Å²) in [5.74, 6) is 0. The van der Waals surface area contributed by atoms with Crippen molar-refractivity contribution < 1.29 is 5.11 Å². The third-order valence-electron chi connectivity index (χ3n) is 3.37.